The Kier molecular flexibility index (Phi) is 5.48. The van der Waals surface area contributed by atoms with Gasteiger partial charge in [-0.25, -0.2) is 13.4 Å². The number of rotatable bonds is 5. The third kappa shape index (κ3) is 4.47. The van der Waals surface area contributed by atoms with Crippen LogP contribution >= 0.6 is 11.6 Å². The molecule has 2 N–H and O–H groups in total. The summed E-state index contributed by atoms with van der Waals surface area (Å²) in [6.07, 6.45) is 0. The van der Waals surface area contributed by atoms with Gasteiger partial charge in [-0.2, -0.15) is 0 Å². The van der Waals surface area contributed by atoms with Crippen molar-refractivity contribution in [1.82, 2.24) is 10.4 Å². The largest absolute Gasteiger partial charge is 0.285 e. The summed E-state index contributed by atoms with van der Waals surface area (Å²) >= 11 is 5.87. The number of carbonyl (C=O) groups excluding carboxylic acids is 1. The van der Waals surface area contributed by atoms with Crippen LogP contribution in [0, 0.1) is 6.92 Å². The van der Waals surface area contributed by atoms with Crippen LogP contribution in [0.5, 0.6) is 0 Å². The number of nitrogens with one attached hydrogen (secondary N) is 2. The van der Waals surface area contributed by atoms with Crippen LogP contribution < -0.4 is 10.1 Å². The average Bonchev–Trinajstić information content (AvgIpc) is 2.46. The van der Waals surface area contributed by atoms with Crippen molar-refractivity contribution in [1.29, 1.82) is 0 Å². The van der Waals surface area contributed by atoms with Gasteiger partial charge < -0.3 is 0 Å². The summed E-state index contributed by atoms with van der Waals surface area (Å²) < 4.78 is 27.7. The van der Waals surface area contributed by atoms with E-state index in [1.165, 1.54) is 17.1 Å². The number of halogens is 1. The molecule has 0 aliphatic rings. The quantitative estimate of drug-likeness (QED) is 0.796. The van der Waals surface area contributed by atoms with Crippen molar-refractivity contribution >= 4 is 33.2 Å². The molecule has 24 heavy (non-hydrogen) atoms. The van der Waals surface area contributed by atoms with Crippen molar-refractivity contribution in [3.8, 4) is 0 Å². The molecule has 0 aromatic heterocycles. The molecule has 2 aromatic rings. The zero-order valence-electron chi connectivity index (χ0n) is 13.5. The van der Waals surface area contributed by atoms with Gasteiger partial charge in [0.1, 0.15) is 0 Å². The van der Waals surface area contributed by atoms with Crippen molar-refractivity contribution < 1.29 is 13.2 Å². The van der Waals surface area contributed by atoms with E-state index in [1.807, 2.05) is 0 Å². The summed E-state index contributed by atoms with van der Waals surface area (Å²) in [5, 5.41) is 1.91. The van der Waals surface area contributed by atoms with Crippen LogP contribution in [-0.2, 0) is 10.0 Å². The lowest BCUT2D eigenvalue weighted by atomic mass is 10.1. The second-order valence-corrected chi connectivity index (χ2v) is 7.52. The number of sulfonamides is 1. The van der Waals surface area contributed by atoms with Gasteiger partial charge in [0, 0.05) is 24.7 Å². The fraction of sp³-hybridized carbons (Fsp3) is 0.188. The molecule has 0 bridgehead atoms. The number of amides is 1. The SMILES string of the molecule is Cc1ccc(C(=O)NN(C)C)cc1S(=O)(=O)Nc1cccc(Cl)c1. The monoisotopic (exact) mass is 367 g/mol. The maximum Gasteiger partial charge on any atom is 0.265 e. The van der Waals surface area contributed by atoms with Crippen LogP contribution in [0.2, 0.25) is 5.02 Å². The first-order chi connectivity index (χ1) is 11.2. The Morgan fingerprint density at radius 1 is 1.12 bits per heavy atom. The molecule has 6 nitrogen and oxygen atoms in total. The van der Waals surface area contributed by atoms with Crippen LogP contribution in [0.1, 0.15) is 15.9 Å². The molecule has 2 rings (SSSR count). The van der Waals surface area contributed by atoms with Gasteiger partial charge in [-0.05, 0) is 42.8 Å². The summed E-state index contributed by atoms with van der Waals surface area (Å²) in [6.45, 7) is 1.67. The van der Waals surface area contributed by atoms with E-state index in [1.54, 1.807) is 51.4 Å². The van der Waals surface area contributed by atoms with Gasteiger partial charge in [-0.1, -0.05) is 23.7 Å². The molecule has 0 saturated heterocycles. The molecule has 1 amide bonds. The maximum absolute atomic E-state index is 12.6. The lowest BCUT2D eigenvalue weighted by molar-refractivity contribution is 0.0856. The molecular weight excluding hydrogens is 350 g/mol. The van der Waals surface area contributed by atoms with Gasteiger partial charge in [-0.15, -0.1) is 0 Å². The molecule has 0 aliphatic carbocycles. The Morgan fingerprint density at radius 2 is 1.83 bits per heavy atom. The number of anilines is 1. The number of nitrogens with zero attached hydrogens (tertiary/aromatic N) is 1. The molecule has 0 heterocycles. The Morgan fingerprint density at radius 3 is 2.46 bits per heavy atom. The highest BCUT2D eigenvalue weighted by Crippen LogP contribution is 2.22. The third-order valence-electron chi connectivity index (χ3n) is 3.14. The molecule has 0 fully saturated rings. The highest BCUT2D eigenvalue weighted by Gasteiger charge is 2.19. The lowest BCUT2D eigenvalue weighted by Gasteiger charge is -2.14. The first kappa shape index (κ1) is 18.3. The highest BCUT2D eigenvalue weighted by molar-refractivity contribution is 7.92. The lowest BCUT2D eigenvalue weighted by Crippen LogP contribution is -2.36. The van der Waals surface area contributed by atoms with E-state index in [9.17, 15) is 13.2 Å². The van der Waals surface area contributed by atoms with E-state index in [0.29, 0.717) is 16.3 Å². The first-order valence-corrected chi connectivity index (χ1v) is 8.92. The van der Waals surface area contributed by atoms with Crippen molar-refractivity contribution in [2.24, 2.45) is 0 Å². The molecule has 0 aliphatic heterocycles. The van der Waals surface area contributed by atoms with Gasteiger partial charge in [-0.3, -0.25) is 14.9 Å². The summed E-state index contributed by atoms with van der Waals surface area (Å²) in [5.41, 5.74) is 3.71. The second kappa shape index (κ2) is 7.21. The smallest absolute Gasteiger partial charge is 0.265 e. The van der Waals surface area contributed by atoms with E-state index >= 15 is 0 Å². The number of benzene rings is 2. The van der Waals surface area contributed by atoms with Crippen molar-refractivity contribution in [3.63, 3.8) is 0 Å². The zero-order valence-corrected chi connectivity index (χ0v) is 15.1. The highest BCUT2D eigenvalue weighted by atomic mass is 35.5. The Labute approximate surface area is 146 Å². The number of hydrogen-bond acceptors (Lipinski definition) is 4. The normalized spacial score (nSPS) is 11.4. The molecule has 0 radical (unpaired) electrons. The molecule has 0 saturated carbocycles. The molecule has 0 spiro atoms. The van der Waals surface area contributed by atoms with Gasteiger partial charge in [0.05, 0.1) is 10.6 Å². The first-order valence-electron chi connectivity index (χ1n) is 7.06. The van der Waals surface area contributed by atoms with Crippen LogP contribution in [0.4, 0.5) is 5.69 Å². The van der Waals surface area contributed by atoms with Crippen LogP contribution in [0.25, 0.3) is 0 Å². The van der Waals surface area contributed by atoms with E-state index in [-0.39, 0.29) is 16.4 Å². The number of carbonyl (C=O) groups is 1. The summed E-state index contributed by atoms with van der Waals surface area (Å²) in [4.78, 5) is 12.1. The number of hydrogen-bond donors (Lipinski definition) is 2. The van der Waals surface area contributed by atoms with E-state index in [2.05, 4.69) is 10.1 Å². The molecule has 128 valence electrons. The molecule has 0 atom stereocenters. The standard InChI is InChI=1S/C16H18ClN3O3S/c1-11-7-8-12(16(21)18-20(2)3)9-15(11)24(22,23)19-14-6-4-5-13(17)10-14/h4-10,19H,1-3H3,(H,18,21). The van der Waals surface area contributed by atoms with Crippen molar-refractivity contribution in [2.45, 2.75) is 11.8 Å². The maximum atomic E-state index is 12.6. The minimum atomic E-state index is -3.85. The van der Waals surface area contributed by atoms with Gasteiger partial charge >= 0.3 is 0 Å². The molecule has 0 unspecified atom stereocenters. The topological polar surface area (TPSA) is 78.5 Å². The summed E-state index contributed by atoms with van der Waals surface area (Å²) in [5.74, 6) is -0.390. The van der Waals surface area contributed by atoms with Gasteiger partial charge in [0.15, 0.2) is 0 Å². The summed E-state index contributed by atoms with van der Waals surface area (Å²) in [6, 6.07) is 10.9. The van der Waals surface area contributed by atoms with Crippen LogP contribution in [0.3, 0.4) is 0 Å². The van der Waals surface area contributed by atoms with Crippen LogP contribution in [-0.4, -0.2) is 33.4 Å². The zero-order chi connectivity index (χ0) is 17.9. The predicted octanol–water partition coefficient (Wildman–Crippen LogP) is 2.66. The predicted molar refractivity (Wildman–Crippen MR) is 94.6 cm³/mol. The minimum Gasteiger partial charge on any atom is -0.285 e. The van der Waals surface area contributed by atoms with Gasteiger partial charge in [0.25, 0.3) is 15.9 Å². The number of hydrazine groups is 1. The fourth-order valence-electron chi connectivity index (χ4n) is 2.06. The van der Waals surface area contributed by atoms with Crippen LogP contribution in [0.15, 0.2) is 47.4 Å². The molecule has 2 aromatic carbocycles. The Hall–Kier alpha value is -2.09. The van der Waals surface area contributed by atoms with Gasteiger partial charge in [0.2, 0.25) is 0 Å². The van der Waals surface area contributed by atoms with Crippen molar-refractivity contribution in [2.75, 3.05) is 18.8 Å². The Balaban J connectivity index is 2.37. The van der Waals surface area contributed by atoms with Crippen molar-refractivity contribution in [3.05, 3.63) is 58.6 Å². The molecular formula is C16H18ClN3O3S. The minimum absolute atomic E-state index is 0.0360. The second-order valence-electron chi connectivity index (χ2n) is 5.43. The molecule has 8 heteroatoms. The van der Waals surface area contributed by atoms with E-state index in [4.69, 9.17) is 11.6 Å². The fourth-order valence-corrected chi connectivity index (χ4v) is 3.57. The van der Waals surface area contributed by atoms with E-state index in [0.717, 1.165) is 0 Å². The number of aryl methyl sites for hydroxylation is 1. The average molecular weight is 368 g/mol. The Bertz CT molecular complexity index is 867. The third-order valence-corrected chi connectivity index (χ3v) is 4.90. The summed E-state index contributed by atoms with van der Waals surface area (Å²) in [7, 11) is -0.505. The van der Waals surface area contributed by atoms with E-state index < -0.39 is 10.0 Å².